The minimum atomic E-state index is -0.647. The van der Waals surface area contributed by atoms with Gasteiger partial charge in [0.15, 0.2) is 0 Å². The van der Waals surface area contributed by atoms with E-state index in [2.05, 4.69) is 12.2 Å². The summed E-state index contributed by atoms with van der Waals surface area (Å²) >= 11 is 0. The molecule has 2 aliphatic rings. The van der Waals surface area contributed by atoms with Crippen molar-refractivity contribution in [1.82, 2.24) is 10.2 Å². The Bertz CT molecular complexity index is 606. The Hall–Kier alpha value is -1.89. The number of allylic oxidation sites excluding steroid dienone is 1. The molecular weight excluding hydrogens is 372 g/mol. The Morgan fingerprint density at radius 3 is 2.55 bits per heavy atom. The summed E-state index contributed by atoms with van der Waals surface area (Å²) in [6.07, 6.45) is 8.04. The van der Waals surface area contributed by atoms with Crippen molar-refractivity contribution < 1.29 is 24.2 Å². The van der Waals surface area contributed by atoms with Gasteiger partial charge < -0.3 is 20.1 Å². The van der Waals surface area contributed by atoms with Gasteiger partial charge in [0.05, 0.1) is 18.4 Å². The SMILES string of the molecule is CCCCCNC(=O)[C@@H]1[C@H]2C=C[C@@H](CC)[C@@H](C(=O)OCC)[C@H]2C(=O)N1CCCO. The van der Waals surface area contributed by atoms with Gasteiger partial charge in [-0.3, -0.25) is 14.4 Å². The van der Waals surface area contributed by atoms with E-state index in [-0.39, 0.29) is 42.8 Å². The van der Waals surface area contributed by atoms with E-state index >= 15 is 0 Å². The maximum atomic E-state index is 13.3. The second kappa shape index (κ2) is 11.3. The van der Waals surface area contributed by atoms with Crippen molar-refractivity contribution in [3.05, 3.63) is 12.2 Å². The van der Waals surface area contributed by atoms with Crippen LogP contribution in [0.5, 0.6) is 0 Å². The van der Waals surface area contributed by atoms with Crippen molar-refractivity contribution in [3.8, 4) is 0 Å². The number of esters is 1. The smallest absolute Gasteiger partial charge is 0.310 e. The molecule has 2 amide bonds. The summed E-state index contributed by atoms with van der Waals surface area (Å²) in [5.74, 6) is -2.32. The van der Waals surface area contributed by atoms with E-state index in [9.17, 15) is 19.5 Å². The molecule has 0 aromatic carbocycles. The van der Waals surface area contributed by atoms with E-state index < -0.39 is 17.9 Å². The average Bonchev–Trinajstić information content (AvgIpc) is 3.00. The van der Waals surface area contributed by atoms with E-state index in [1.165, 1.54) is 0 Å². The minimum absolute atomic E-state index is 0.0569. The van der Waals surface area contributed by atoms with Crippen LogP contribution in [0, 0.1) is 23.7 Å². The summed E-state index contributed by atoms with van der Waals surface area (Å²) < 4.78 is 5.29. The van der Waals surface area contributed by atoms with Crippen LogP contribution >= 0.6 is 0 Å². The molecule has 0 radical (unpaired) electrons. The number of aliphatic hydroxyl groups is 1. The molecule has 1 heterocycles. The van der Waals surface area contributed by atoms with Crippen molar-refractivity contribution >= 4 is 17.8 Å². The number of carbonyl (C=O) groups is 3. The lowest BCUT2D eigenvalue weighted by atomic mass is 9.69. The quantitative estimate of drug-likeness (QED) is 0.309. The summed E-state index contributed by atoms with van der Waals surface area (Å²) in [4.78, 5) is 40.7. The molecule has 164 valence electrons. The van der Waals surface area contributed by atoms with Gasteiger partial charge in [-0.05, 0) is 32.1 Å². The van der Waals surface area contributed by atoms with E-state index in [4.69, 9.17) is 4.74 Å². The Labute approximate surface area is 173 Å². The summed E-state index contributed by atoms with van der Waals surface area (Å²) in [6.45, 7) is 6.93. The standard InChI is InChI=1S/C22H36N2O5/c1-4-7-8-12-23-20(26)19-16-11-10-15(5-2)17(22(28)29-6-3)18(16)21(27)24(19)13-9-14-25/h10-11,15-19,25H,4-9,12-14H2,1-3H3,(H,23,26)/t15-,16+,17-,18+,19+/m1/s1. The normalized spacial score (nSPS) is 28.3. The molecule has 0 aromatic heterocycles. The molecule has 1 aliphatic heterocycles. The highest BCUT2D eigenvalue weighted by atomic mass is 16.5. The average molecular weight is 409 g/mol. The number of hydrogen-bond acceptors (Lipinski definition) is 5. The number of nitrogens with one attached hydrogen (secondary N) is 1. The first-order valence-electron chi connectivity index (χ1n) is 11.1. The van der Waals surface area contributed by atoms with Gasteiger partial charge in [0, 0.05) is 25.6 Å². The van der Waals surface area contributed by atoms with Crippen molar-refractivity contribution in [1.29, 1.82) is 0 Å². The highest BCUT2D eigenvalue weighted by Crippen LogP contribution is 2.45. The van der Waals surface area contributed by atoms with E-state index in [0.29, 0.717) is 19.5 Å². The summed E-state index contributed by atoms with van der Waals surface area (Å²) in [5.41, 5.74) is 0. The molecular formula is C22H36N2O5. The maximum Gasteiger partial charge on any atom is 0.310 e. The Kier molecular flexibility index (Phi) is 9.14. The van der Waals surface area contributed by atoms with Crippen LogP contribution in [0.1, 0.15) is 52.9 Å². The first-order valence-corrected chi connectivity index (χ1v) is 11.1. The number of nitrogens with zero attached hydrogens (tertiary/aromatic N) is 1. The highest BCUT2D eigenvalue weighted by molar-refractivity contribution is 5.96. The van der Waals surface area contributed by atoms with Gasteiger partial charge in [-0.2, -0.15) is 0 Å². The Morgan fingerprint density at radius 1 is 1.17 bits per heavy atom. The van der Waals surface area contributed by atoms with E-state index in [1.807, 2.05) is 19.1 Å². The molecule has 0 spiro atoms. The van der Waals surface area contributed by atoms with Gasteiger partial charge in [0.2, 0.25) is 11.8 Å². The number of rotatable bonds is 11. The molecule has 0 unspecified atom stereocenters. The minimum Gasteiger partial charge on any atom is -0.466 e. The highest BCUT2D eigenvalue weighted by Gasteiger charge is 2.57. The molecule has 0 saturated carbocycles. The van der Waals surface area contributed by atoms with Crippen LogP contribution in [0.2, 0.25) is 0 Å². The zero-order valence-corrected chi connectivity index (χ0v) is 17.9. The summed E-state index contributed by atoms with van der Waals surface area (Å²) in [5, 5.41) is 12.2. The number of amides is 2. The first kappa shape index (κ1) is 23.4. The number of aliphatic hydroxyl groups excluding tert-OH is 1. The van der Waals surface area contributed by atoms with Crippen LogP contribution in [-0.2, 0) is 19.1 Å². The fraction of sp³-hybridized carbons (Fsp3) is 0.773. The number of carbonyl (C=O) groups excluding carboxylic acids is 3. The van der Waals surface area contributed by atoms with Crippen LogP contribution in [0.25, 0.3) is 0 Å². The van der Waals surface area contributed by atoms with Crippen LogP contribution in [0.15, 0.2) is 12.2 Å². The summed E-state index contributed by atoms with van der Waals surface area (Å²) in [7, 11) is 0. The third-order valence-corrected chi connectivity index (χ3v) is 6.05. The molecule has 5 atom stereocenters. The van der Waals surface area contributed by atoms with Gasteiger partial charge in [0.1, 0.15) is 6.04 Å². The van der Waals surface area contributed by atoms with Crippen LogP contribution < -0.4 is 5.32 Å². The van der Waals surface area contributed by atoms with Gasteiger partial charge in [-0.15, -0.1) is 0 Å². The summed E-state index contributed by atoms with van der Waals surface area (Å²) in [6, 6.07) is -0.647. The fourth-order valence-electron chi connectivity index (χ4n) is 4.62. The number of fused-ring (bicyclic) bond motifs is 1. The zero-order chi connectivity index (χ0) is 21.4. The topological polar surface area (TPSA) is 95.9 Å². The number of unbranched alkanes of at least 4 members (excludes halogenated alkanes) is 2. The lowest BCUT2D eigenvalue weighted by Crippen LogP contribution is -2.48. The van der Waals surface area contributed by atoms with Crippen molar-refractivity contribution in [2.75, 3.05) is 26.3 Å². The van der Waals surface area contributed by atoms with Crippen molar-refractivity contribution in [3.63, 3.8) is 0 Å². The molecule has 29 heavy (non-hydrogen) atoms. The predicted octanol–water partition coefficient (Wildman–Crippen LogP) is 1.89. The van der Waals surface area contributed by atoms with Crippen LogP contribution in [0.4, 0.5) is 0 Å². The van der Waals surface area contributed by atoms with Gasteiger partial charge in [0.25, 0.3) is 0 Å². The zero-order valence-electron chi connectivity index (χ0n) is 17.9. The lowest BCUT2D eigenvalue weighted by Gasteiger charge is -2.33. The van der Waals surface area contributed by atoms with E-state index in [0.717, 1.165) is 25.7 Å². The van der Waals surface area contributed by atoms with Crippen LogP contribution in [0.3, 0.4) is 0 Å². The molecule has 1 aliphatic carbocycles. The molecule has 1 saturated heterocycles. The molecule has 0 aromatic rings. The molecule has 1 fully saturated rings. The number of hydrogen-bond donors (Lipinski definition) is 2. The largest absolute Gasteiger partial charge is 0.466 e. The van der Waals surface area contributed by atoms with Crippen LogP contribution in [-0.4, -0.2) is 60.1 Å². The van der Waals surface area contributed by atoms with Crippen molar-refractivity contribution in [2.45, 2.75) is 58.9 Å². The van der Waals surface area contributed by atoms with Gasteiger partial charge in [-0.1, -0.05) is 38.8 Å². The third kappa shape index (κ3) is 5.18. The van der Waals surface area contributed by atoms with E-state index in [1.54, 1.807) is 11.8 Å². The first-order chi connectivity index (χ1) is 14.0. The Morgan fingerprint density at radius 2 is 1.93 bits per heavy atom. The molecule has 7 heteroatoms. The molecule has 7 nitrogen and oxygen atoms in total. The maximum absolute atomic E-state index is 13.3. The Balaban J connectivity index is 2.30. The van der Waals surface area contributed by atoms with Gasteiger partial charge >= 0.3 is 5.97 Å². The second-order valence-corrected chi connectivity index (χ2v) is 7.89. The number of likely N-dealkylation sites (tertiary alicyclic amines) is 1. The monoisotopic (exact) mass is 408 g/mol. The molecule has 0 bridgehead atoms. The predicted molar refractivity (Wildman–Crippen MR) is 110 cm³/mol. The third-order valence-electron chi connectivity index (χ3n) is 6.05. The molecule has 2 N–H and O–H groups in total. The number of ether oxygens (including phenoxy) is 1. The molecule has 2 rings (SSSR count). The van der Waals surface area contributed by atoms with Crippen molar-refractivity contribution in [2.24, 2.45) is 23.7 Å². The second-order valence-electron chi connectivity index (χ2n) is 7.89. The fourth-order valence-corrected chi connectivity index (χ4v) is 4.62. The lowest BCUT2D eigenvalue weighted by molar-refractivity contribution is -0.155. The van der Waals surface area contributed by atoms with Gasteiger partial charge in [-0.25, -0.2) is 0 Å².